The first kappa shape index (κ1) is 11.9. The van der Waals surface area contributed by atoms with Crippen molar-refractivity contribution in [2.24, 2.45) is 0 Å². The highest BCUT2D eigenvalue weighted by atomic mass is 16.5. The van der Waals surface area contributed by atoms with Crippen LogP contribution >= 0.6 is 0 Å². The van der Waals surface area contributed by atoms with Gasteiger partial charge in [-0.1, -0.05) is 12.1 Å². The van der Waals surface area contributed by atoms with Crippen molar-refractivity contribution >= 4 is 5.82 Å². The number of ether oxygens (including phenoxy) is 1. The standard InChI is InChI=1S/C14H16N4O/c1-19-12-4-2-3-10(7-12)13-5-6-14(18-17-13)16-11-8-15-9-11/h2-7,11,15H,8-9H2,1H3,(H,16,18). The van der Waals surface area contributed by atoms with Gasteiger partial charge >= 0.3 is 0 Å². The molecule has 98 valence electrons. The number of nitrogens with one attached hydrogen (secondary N) is 2. The molecule has 2 heterocycles. The van der Waals surface area contributed by atoms with E-state index < -0.39 is 0 Å². The maximum Gasteiger partial charge on any atom is 0.148 e. The van der Waals surface area contributed by atoms with Gasteiger partial charge < -0.3 is 15.4 Å². The predicted molar refractivity (Wildman–Crippen MR) is 74.3 cm³/mol. The Morgan fingerprint density at radius 2 is 2.11 bits per heavy atom. The molecule has 0 aliphatic carbocycles. The molecule has 0 radical (unpaired) electrons. The van der Waals surface area contributed by atoms with Crippen molar-refractivity contribution < 1.29 is 4.74 Å². The van der Waals surface area contributed by atoms with E-state index in [0.29, 0.717) is 6.04 Å². The van der Waals surface area contributed by atoms with Gasteiger partial charge in [0.05, 0.1) is 18.8 Å². The molecule has 0 atom stereocenters. The lowest BCUT2D eigenvalue weighted by Crippen LogP contribution is -2.51. The molecule has 2 aromatic rings. The highest BCUT2D eigenvalue weighted by Gasteiger charge is 2.16. The van der Waals surface area contributed by atoms with Crippen LogP contribution in [0.25, 0.3) is 11.3 Å². The van der Waals surface area contributed by atoms with Crippen LogP contribution in [0.2, 0.25) is 0 Å². The van der Waals surface area contributed by atoms with Gasteiger partial charge in [-0.3, -0.25) is 0 Å². The van der Waals surface area contributed by atoms with Crippen molar-refractivity contribution in [3.63, 3.8) is 0 Å². The summed E-state index contributed by atoms with van der Waals surface area (Å²) in [5, 5.41) is 15.0. The maximum absolute atomic E-state index is 5.21. The van der Waals surface area contributed by atoms with Crippen molar-refractivity contribution in [2.45, 2.75) is 6.04 Å². The second-order valence-electron chi connectivity index (χ2n) is 4.54. The fourth-order valence-electron chi connectivity index (χ4n) is 1.95. The van der Waals surface area contributed by atoms with Crippen molar-refractivity contribution in [1.29, 1.82) is 0 Å². The molecule has 0 saturated carbocycles. The van der Waals surface area contributed by atoms with Crippen LogP contribution in [0.1, 0.15) is 0 Å². The van der Waals surface area contributed by atoms with Crippen LogP contribution in [0.5, 0.6) is 5.75 Å². The monoisotopic (exact) mass is 256 g/mol. The number of hydrogen-bond donors (Lipinski definition) is 2. The van der Waals surface area contributed by atoms with E-state index in [4.69, 9.17) is 4.74 Å². The Balaban J connectivity index is 1.76. The molecule has 1 aliphatic heterocycles. The summed E-state index contributed by atoms with van der Waals surface area (Å²) in [6, 6.07) is 12.2. The van der Waals surface area contributed by atoms with Gasteiger partial charge in [0.2, 0.25) is 0 Å². The second-order valence-corrected chi connectivity index (χ2v) is 4.54. The Bertz CT molecular complexity index is 552. The number of anilines is 1. The van der Waals surface area contributed by atoms with Crippen LogP contribution in [0.15, 0.2) is 36.4 Å². The number of nitrogens with zero attached hydrogens (tertiary/aromatic N) is 2. The minimum atomic E-state index is 0.469. The van der Waals surface area contributed by atoms with Gasteiger partial charge in [-0.15, -0.1) is 10.2 Å². The van der Waals surface area contributed by atoms with Crippen LogP contribution in [-0.2, 0) is 0 Å². The number of methoxy groups -OCH3 is 1. The van der Waals surface area contributed by atoms with Crippen LogP contribution < -0.4 is 15.4 Å². The van der Waals surface area contributed by atoms with Crippen molar-refractivity contribution in [1.82, 2.24) is 15.5 Å². The molecular formula is C14H16N4O. The zero-order chi connectivity index (χ0) is 13.1. The van der Waals surface area contributed by atoms with Crippen molar-refractivity contribution in [3.05, 3.63) is 36.4 Å². The molecule has 1 aromatic carbocycles. The lowest BCUT2D eigenvalue weighted by molar-refractivity contribution is 0.415. The van der Waals surface area contributed by atoms with E-state index in [1.807, 2.05) is 36.4 Å². The average molecular weight is 256 g/mol. The largest absolute Gasteiger partial charge is 0.497 e. The van der Waals surface area contributed by atoms with Gasteiger partial charge in [-0.2, -0.15) is 0 Å². The maximum atomic E-state index is 5.21. The molecule has 5 nitrogen and oxygen atoms in total. The Labute approximate surface area is 112 Å². The molecule has 1 aliphatic rings. The van der Waals surface area contributed by atoms with Crippen LogP contribution in [-0.4, -0.2) is 36.4 Å². The van der Waals surface area contributed by atoms with E-state index in [-0.39, 0.29) is 0 Å². The molecular weight excluding hydrogens is 240 g/mol. The molecule has 2 N–H and O–H groups in total. The van der Waals surface area contributed by atoms with E-state index in [1.54, 1.807) is 7.11 Å². The fraction of sp³-hybridized carbons (Fsp3) is 0.286. The number of hydrogen-bond acceptors (Lipinski definition) is 5. The lowest BCUT2D eigenvalue weighted by Gasteiger charge is -2.28. The first-order chi connectivity index (χ1) is 9.35. The highest BCUT2D eigenvalue weighted by molar-refractivity contribution is 5.61. The van der Waals surface area contributed by atoms with E-state index in [2.05, 4.69) is 20.8 Å². The molecule has 0 bridgehead atoms. The quantitative estimate of drug-likeness (QED) is 0.869. The first-order valence-corrected chi connectivity index (χ1v) is 6.30. The van der Waals surface area contributed by atoms with E-state index in [0.717, 1.165) is 35.9 Å². The number of rotatable bonds is 4. The third-order valence-electron chi connectivity index (χ3n) is 3.16. The summed E-state index contributed by atoms with van der Waals surface area (Å²) in [6.45, 7) is 1.97. The van der Waals surface area contributed by atoms with Crippen LogP contribution in [0.4, 0.5) is 5.82 Å². The number of benzene rings is 1. The van der Waals surface area contributed by atoms with Crippen molar-refractivity contribution in [2.75, 3.05) is 25.5 Å². The molecule has 3 rings (SSSR count). The van der Waals surface area contributed by atoms with Gasteiger partial charge in [-0.25, -0.2) is 0 Å². The van der Waals surface area contributed by atoms with Gasteiger partial charge in [0.15, 0.2) is 0 Å². The Morgan fingerprint density at radius 3 is 2.74 bits per heavy atom. The smallest absolute Gasteiger partial charge is 0.148 e. The lowest BCUT2D eigenvalue weighted by atomic mass is 10.1. The zero-order valence-electron chi connectivity index (χ0n) is 10.8. The van der Waals surface area contributed by atoms with E-state index >= 15 is 0 Å². The minimum Gasteiger partial charge on any atom is -0.497 e. The first-order valence-electron chi connectivity index (χ1n) is 6.30. The van der Waals surface area contributed by atoms with Gasteiger partial charge in [0.1, 0.15) is 11.6 Å². The zero-order valence-corrected chi connectivity index (χ0v) is 10.8. The van der Waals surface area contributed by atoms with E-state index in [9.17, 15) is 0 Å². The summed E-state index contributed by atoms with van der Waals surface area (Å²) in [5.74, 6) is 1.64. The molecule has 1 saturated heterocycles. The summed E-state index contributed by atoms with van der Waals surface area (Å²) < 4.78 is 5.21. The highest BCUT2D eigenvalue weighted by Crippen LogP contribution is 2.22. The summed E-state index contributed by atoms with van der Waals surface area (Å²) in [5.41, 5.74) is 1.85. The third kappa shape index (κ3) is 2.66. The molecule has 0 spiro atoms. The Kier molecular flexibility index (Phi) is 3.29. The molecule has 1 fully saturated rings. The SMILES string of the molecule is COc1cccc(-c2ccc(NC3CNC3)nn2)c1. The fourth-order valence-corrected chi connectivity index (χ4v) is 1.95. The topological polar surface area (TPSA) is 59.1 Å². The third-order valence-corrected chi connectivity index (χ3v) is 3.16. The van der Waals surface area contributed by atoms with Gasteiger partial charge in [0, 0.05) is 18.7 Å². The predicted octanol–water partition coefficient (Wildman–Crippen LogP) is 1.54. The molecule has 0 unspecified atom stereocenters. The minimum absolute atomic E-state index is 0.469. The summed E-state index contributed by atoms with van der Waals surface area (Å²) in [7, 11) is 1.66. The Morgan fingerprint density at radius 1 is 1.21 bits per heavy atom. The van der Waals surface area contributed by atoms with Crippen molar-refractivity contribution in [3.8, 4) is 17.0 Å². The molecule has 1 aromatic heterocycles. The molecule has 19 heavy (non-hydrogen) atoms. The second kappa shape index (κ2) is 5.24. The average Bonchev–Trinajstić information content (AvgIpc) is 2.44. The van der Waals surface area contributed by atoms with Crippen LogP contribution in [0.3, 0.4) is 0 Å². The molecule has 0 amide bonds. The Hall–Kier alpha value is -2.14. The van der Waals surface area contributed by atoms with E-state index in [1.165, 1.54) is 0 Å². The van der Waals surface area contributed by atoms with Crippen LogP contribution in [0, 0.1) is 0 Å². The molecule has 5 heteroatoms. The summed E-state index contributed by atoms with van der Waals surface area (Å²) >= 11 is 0. The number of aromatic nitrogens is 2. The summed E-state index contributed by atoms with van der Waals surface area (Å²) in [6.07, 6.45) is 0. The van der Waals surface area contributed by atoms with Gasteiger partial charge in [-0.05, 0) is 24.3 Å². The summed E-state index contributed by atoms with van der Waals surface area (Å²) in [4.78, 5) is 0. The normalized spacial score (nSPS) is 14.8. The van der Waals surface area contributed by atoms with Gasteiger partial charge in [0.25, 0.3) is 0 Å².